The number of nitrogens with zero attached hydrogens (tertiary/aromatic N) is 2. The smallest absolute Gasteiger partial charge is 0.313 e. The molecule has 1 heterocycles. The zero-order valence-corrected chi connectivity index (χ0v) is 8.01. The fourth-order valence-electron chi connectivity index (χ4n) is 1.45. The van der Waals surface area contributed by atoms with Crippen molar-refractivity contribution in [1.29, 1.82) is 0 Å². The van der Waals surface area contributed by atoms with Crippen LogP contribution in [0.5, 0.6) is 5.75 Å². The van der Waals surface area contributed by atoms with Crippen LogP contribution in [-0.2, 0) is 0 Å². The third-order valence-electron chi connectivity index (χ3n) is 2.11. The minimum atomic E-state index is -0.479. The molecule has 0 saturated carbocycles. The van der Waals surface area contributed by atoms with Gasteiger partial charge in [0, 0.05) is 17.6 Å². The molecule has 0 aliphatic rings. The lowest BCUT2D eigenvalue weighted by Crippen LogP contribution is -1.95. The number of benzene rings is 1. The number of pyridine rings is 1. The second-order valence-corrected chi connectivity index (χ2v) is 2.95. The van der Waals surface area contributed by atoms with Crippen molar-refractivity contribution in [3.8, 4) is 5.75 Å². The third kappa shape index (κ3) is 1.48. The predicted molar refractivity (Wildman–Crippen MR) is 54.9 cm³/mol. The lowest BCUT2D eigenvalue weighted by atomic mass is 10.2. The zero-order chi connectivity index (χ0) is 10.8. The summed E-state index contributed by atoms with van der Waals surface area (Å²) in [5, 5.41) is 11.5. The van der Waals surface area contributed by atoms with Crippen LogP contribution in [-0.4, -0.2) is 17.0 Å². The van der Waals surface area contributed by atoms with Gasteiger partial charge in [0.2, 0.25) is 5.75 Å². The summed E-state index contributed by atoms with van der Waals surface area (Å²) < 4.78 is 5.02. The van der Waals surface area contributed by atoms with E-state index in [9.17, 15) is 10.1 Å². The van der Waals surface area contributed by atoms with Crippen molar-refractivity contribution in [2.24, 2.45) is 0 Å². The molecule has 0 spiro atoms. The van der Waals surface area contributed by atoms with Crippen LogP contribution in [0.4, 0.5) is 5.69 Å². The van der Waals surface area contributed by atoms with E-state index in [1.54, 1.807) is 18.3 Å². The molecular formula is C10H8N2O3. The van der Waals surface area contributed by atoms with Gasteiger partial charge in [-0.25, -0.2) is 0 Å². The third-order valence-corrected chi connectivity index (χ3v) is 2.11. The molecule has 0 aliphatic heterocycles. The van der Waals surface area contributed by atoms with Crippen molar-refractivity contribution in [3.63, 3.8) is 0 Å². The first kappa shape index (κ1) is 9.39. The molecule has 15 heavy (non-hydrogen) atoms. The Morgan fingerprint density at radius 1 is 1.40 bits per heavy atom. The van der Waals surface area contributed by atoms with E-state index in [2.05, 4.69) is 4.98 Å². The van der Waals surface area contributed by atoms with Crippen molar-refractivity contribution in [3.05, 3.63) is 40.6 Å². The van der Waals surface area contributed by atoms with E-state index in [0.29, 0.717) is 5.52 Å². The monoisotopic (exact) mass is 204 g/mol. The average molecular weight is 204 g/mol. The number of hydrogen-bond acceptors (Lipinski definition) is 4. The molecule has 76 valence electrons. The van der Waals surface area contributed by atoms with Crippen LogP contribution in [0.3, 0.4) is 0 Å². The minimum Gasteiger partial charge on any atom is -0.489 e. The SMILES string of the molecule is COc1c([N+](=O)[O-])ccc2cccnc12. The number of nitro groups is 1. The molecule has 0 amide bonds. The molecule has 0 bridgehead atoms. The summed E-state index contributed by atoms with van der Waals surface area (Å²) in [6, 6.07) is 6.67. The molecule has 1 aromatic heterocycles. The Labute approximate surface area is 85.5 Å². The Balaban J connectivity index is 2.81. The Kier molecular flexibility index (Phi) is 2.21. The Morgan fingerprint density at radius 2 is 2.20 bits per heavy atom. The molecular weight excluding hydrogens is 196 g/mol. The highest BCUT2D eigenvalue weighted by molar-refractivity contribution is 5.88. The second-order valence-electron chi connectivity index (χ2n) is 2.95. The van der Waals surface area contributed by atoms with E-state index in [-0.39, 0.29) is 11.4 Å². The van der Waals surface area contributed by atoms with Crippen molar-refractivity contribution >= 4 is 16.6 Å². The van der Waals surface area contributed by atoms with E-state index >= 15 is 0 Å². The van der Waals surface area contributed by atoms with Crippen LogP contribution in [0, 0.1) is 10.1 Å². The standard InChI is InChI=1S/C10H8N2O3/c1-15-10-8(12(13)14)5-4-7-3-2-6-11-9(7)10/h2-6H,1H3. The number of aromatic nitrogens is 1. The Bertz CT molecular complexity index is 525. The van der Waals surface area contributed by atoms with Crippen molar-refractivity contribution in [2.75, 3.05) is 7.11 Å². The van der Waals surface area contributed by atoms with Crippen LogP contribution >= 0.6 is 0 Å². The summed E-state index contributed by atoms with van der Waals surface area (Å²) >= 11 is 0. The fraction of sp³-hybridized carbons (Fsp3) is 0.100. The van der Waals surface area contributed by atoms with Gasteiger partial charge in [-0.15, -0.1) is 0 Å². The quantitative estimate of drug-likeness (QED) is 0.555. The molecule has 0 radical (unpaired) electrons. The zero-order valence-electron chi connectivity index (χ0n) is 8.01. The minimum absolute atomic E-state index is 0.0660. The molecule has 2 aromatic rings. The summed E-state index contributed by atoms with van der Waals surface area (Å²) in [5.74, 6) is 0.207. The van der Waals surface area contributed by atoms with Crippen LogP contribution in [0.1, 0.15) is 0 Å². The lowest BCUT2D eigenvalue weighted by Gasteiger charge is -2.04. The normalized spacial score (nSPS) is 10.2. The van der Waals surface area contributed by atoms with E-state index in [1.165, 1.54) is 13.2 Å². The number of hydrogen-bond donors (Lipinski definition) is 0. The molecule has 2 rings (SSSR count). The number of ether oxygens (including phenoxy) is 1. The molecule has 0 aliphatic carbocycles. The summed E-state index contributed by atoms with van der Waals surface area (Å²) in [7, 11) is 1.40. The van der Waals surface area contributed by atoms with Crippen LogP contribution in [0.2, 0.25) is 0 Å². The highest BCUT2D eigenvalue weighted by Gasteiger charge is 2.17. The number of rotatable bonds is 2. The highest BCUT2D eigenvalue weighted by Crippen LogP contribution is 2.33. The van der Waals surface area contributed by atoms with E-state index in [0.717, 1.165) is 5.39 Å². The number of methoxy groups -OCH3 is 1. The number of nitro benzene ring substituents is 1. The highest BCUT2D eigenvalue weighted by atomic mass is 16.6. The van der Waals surface area contributed by atoms with Crippen molar-refractivity contribution in [1.82, 2.24) is 4.98 Å². The summed E-state index contributed by atoms with van der Waals surface area (Å²) in [5.41, 5.74) is 0.443. The van der Waals surface area contributed by atoms with E-state index < -0.39 is 4.92 Å². The molecule has 1 aromatic carbocycles. The van der Waals surface area contributed by atoms with Gasteiger partial charge in [0.1, 0.15) is 5.52 Å². The molecule has 0 unspecified atom stereocenters. The van der Waals surface area contributed by atoms with Gasteiger partial charge in [-0.2, -0.15) is 0 Å². The molecule has 0 N–H and O–H groups in total. The van der Waals surface area contributed by atoms with Gasteiger partial charge in [0.15, 0.2) is 0 Å². The topological polar surface area (TPSA) is 65.3 Å². The Hall–Kier alpha value is -2.17. The predicted octanol–water partition coefficient (Wildman–Crippen LogP) is 2.15. The first-order chi connectivity index (χ1) is 7.24. The Morgan fingerprint density at radius 3 is 2.87 bits per heavy atom. The fourth-order valence-corrected chi connectivity index (χ4v) is 1.45. The van der Waals surface area contributed by atoms with Gasteiger partial charge in [-0.3, -0.25) is 15.1 Å². The maximum Gasteiger partial charge on any atom is 0.313 e. The summed E-state index contributed by atoms with van der Waals surface area (Å²) in [6.45, 7) is 0. The average Bonchev–Trinajstić information content (AvgIpc) is 2.27. The second kappa shape index (κ2) is 3.53. The summed E-state index contributed by atoms with van der Waals surface area (Å²) in [4.78, 5) is 14.3. The maximum absolute atomic E-state index is 10.7. The number of fused-ring (bicyclic) bond motifs is 1. The first-order valence-corrected chi connectivity index (χ1v) is 4.30. The largest absolute Gasteiger partial charge is 0.489 e. The van der Waals surface area contributed by atoms with E-state index in [4.69, 9.17) is 4.74 Å². The lowest BCUT2D eigenvalue weighted by molar-refractivity contribution is -0.385. The maximum atomic E-state index is 10.7. The van der Waals surface area contributed by atoms with Gasteiger partial charge in [-0.1, -0.05) is 6.07 Å². The van der Waals surface area contributed by atoms with Crippen LogP contribution in [0.25, 0.3) is 10.9 Å². The van der Waals surface area contributed by atoms with Gasteiger partial charge >= 0.3 is 5.69 Å². The molecule has 5 heteroatoms. The van der Waals surface area contributed by atoms with Crippen molar-refractivity contribution in [2.45, 2.75) is 0 Å². The summed E-state index contributed by atoms with van der Waals surface area (Å²) in [6.07, 6.45) is 1.58. The molecule has 0 saturated heterocycles. The van der Waals surface area contributed by atoms with E-state index in [1.807, 2.05) is 6.07 Å². The van der Waals surface area contributed by atoms with Crippen molar-refractivity contribution < 1.29 is 9.66 Å². The molecule has 0 fully saturated rings. The first-order valence-electron chi connectivity index (χ1n) is 4.30. The van der Waals surface area contributed by atoms with Gasteiger partial charge < -0.3 is 4.74 Å². The van der Waals surface area contributed by atoms with Gasteiger partial charge in [-0.05, 0) is 12.1 Å². The molecule has 5 nitrogen and oxygen atoms in total. The van der Waals surface area contributed by atoms with Gasteiger partial charge in [0.05, 0.1) is 12.0 Å². The van der Waals surface area contributed by atoms with Gasteiger partial charge in [0.25, 0.3) is 0 Å². The van der Waals surface area contributed by atoms with Crippen LogP contribution < -0.4 is 4.74 Å². The molecule has 0 atom stereocenters. The van der Waals surface area contributed by atoms with Crippen LogP contribution in [0.15, 0.2) is 30.5 Å².